The summed E-state index contributed by atoms with van der Waals surface area (Å²) in [5, 5.41) is 11.3. The van der Waals surface area contributed by atoms with Gasteiger partial charge < -0.3 is 14.2 Å². The van der Waals surface area contributed by atoms with Gasteiger partial charge >= 0.3 is 5.97 Å². The highest BCUT2D eigenvalue weighted by atomic mass is 16.6. The zero-order valence-corrected chi connectivity index (χ0v) is 16.8. The summed E-state index contributed by atoms with van der Waals surface area (Å²) in [6, 6.07) is 7.87. The largest absolute Gasteiger partial charge is 0.493 e. The zero-order chi connectivity index (χ0) is 21.6. The van der Waals surface area contributed by atoms with Gasteiger partial charge in [0.1, 0.15) is 5.56 Å². The summed E-state index contributed by atoms with van der Waals surface area (Å²) in [5.41, 5.74) is 1.51. The van der Waals surface area contributed by atoms with Crippen LogP contribution in [0.3, 0.4) is 0 Å². The molecular formula is C21H23NO7. The molecule has 0 amide bonds. The summed E-state index contributed by atoms with van der Waals surface area (Å²) in [6.07, 6.45) is 1.42. The number of hydrogen-bond donors (Lipinski definition) is 0. The average Bonchev–Trinajstić information content (AvgIpc) is 2.75. The molecule has 0 atom stereocenters. The molecule has 0 bridgehead atoms. The summed E-state index contributed by atoms with van der Waals surface area (Å²) < 4.78 is 15.2. The van der Waals surface area contributed by atoms with Crippen LogP contribution in [0.25, 0.3) is 0 Å². The van der Waals surface area contributed by atoms with E-state index in [1.807, 2.05) is 26.0 Å². The van der Waals surface area contributed by atoms with Crippen molar-refractivity contribution in [3.8, 4) is 11.5 Å². The van der Waals surface area contributed by atoms with Gasteiger partial charge in [-0.25, -0.2) is 4.79 Å². The number of rotatable bonds is 9. The highest BCUT2D eigenvalue weighted by Gasteiger charge is 2.26. The summed E-state index contributed by atoms with van der Waals surface area (Å²) in [6.45, 7) is 3.38. The van der Waals surface area contributed by atoms with Crippen LogP contribution in [0.2, 0.25) is 0 Å². The predicted octanol–water partition coefficient (Wildman–Crippen LogP) is 3.78. The molecule has 0 saturated carbocycles. The Labute approximate surface area is 168 Å². The van der Waals surface area contributed by atoms with Crippen LogP contribution in [0.5, 0.6) is 11.5 Å². The second-order valence-corrected chi connectivity index (χ2v) is 6.18. The molecule has 0 saturated heterocycles. The lowest BCUT2D eigenvalue weighted by Gasteiger charge is -2.11. The first-order chi connectivity index (χ1) is 13.9. The number of Topliss-reactive ketones (excluding diaryl/α,β-unsaturated/α-hetero) is 1. The normalized spacial score (nSPS) is 10.3. The number of methoxy groups -OCH3 is 2. The van der Waals surface area contributed by atoms with Gasteiger partial charge in [-0.15, -0.1) is 0 Å². The number of carbonyl (C=O) groups excluding carboxylic acids is 2. The van der Waals surface area contributed by atoms with E-state index in [9.17, 15) is 19.7 Å². The van der Waals surface area contributed by atoms with Crippen molar-refractivity contribution in [3.05, 3.63) is 62.7 Å². The minimum absolute atomic E-state index is 0.107. The van der Waals surface area contributed by atoms with E-state index in [-0.39, 0.29) is 22.8 Å². The van der Waals surface area contributed by atoms with Crippen LogP contribution < -0.4 is 9.47 Å². The maximum atomic E-state index is 12.6. The topological polar surface area (TPSA) is 105 Å². The lowest BCUT2D eigenvalue weighted by molar-refractivity contribution is -0.385. The van der Waals surface area contributed by atoms with Crippen molar-refractivity contribution >= 4 is 17.4 Å². The molecule has 2 aromatic rings. The molecule has 0 aliphatic heterocycles. The van der Waals surface area contributed by atoms with Crippen LogP contribution in [-0.4, -0.2) is 37.5 Å². The second kappa shape index (κ2) is 9.68. The number of nitrogens with zero attached hydrogens (tertiary/aromatic N) is 1. The molecular weight excluding hydrogens is 378 g/mol. The van der Waals surface area contributed by atoms with E-state index >= 15 is 0 Å². The molecule has 0 spiro atoms. The molecule has 0 aliphatic rings. The number of hydrogen-bond acceptors (Lipinski definition) is 7. The van der Waals surface area contributed by atoms with Gasteiger partial charge in [-0.2, -0.15) is 0 Å². The average molecular weight is 401 g/mol. The first-order valence-corrected chi connectivity index (χ1v) is 9.08. The molecule has 8 heteroatoms. The van der Waals surface area contributed by atoms with Crippen molar-refractivity contribution < 1.29 is 28.7 Å². The van der Waals surface area contributed by atoms with Crippen LogP contribution in [-0.2, 0) is 17.6 Å². The van der Waals surface area contributed by atoms with Crippen molar-refractivity contribution in [3.63, 3.8) is 0 Å². The lowest BCUT2D eigenvalue weighted by Crippen LogP contribution is -2.17. The smallest absolute Gasteiger partial charge is 0.345 e. The number of nitro groups is 1. The van der Waals surface area contributed by atoms with Gasteiger partial charge in [0.25, 0.3) is 5.69 Å². The Morgan fingerprint density at radius 2 is 1.62 bits per heavy atom. The Bertz CT molecular complexity index is 937. The second-order valence-electron chi connectivity index (χ2n) is 6.18. The predicted molar refractivity (Wildman–Crippen MR) is 106 cm³/mol. The van der Waals surface area contributed by atoms with E-state index in [1.54, 1.807) is 6.07 Å². The molecule has 2 aromatic carbocycles. The third-order valence-electron chi connectivity index (χ3n) is 4.52. The number of carbonyl (C=O) groups is 2. The van der Waals surface area contributed by atoms with Crippen molar-refractivity contribution in [1.29, 1.82) is 0 Å². The van der Waals surface area contributed by atoms with Crippen LogP contribution in [0.1, 0.15) is 45.7 Å². The monoisotopic (exact) mass is 401 g/mol. The van der Waals surface area contributed by atoms with Crippen LogP contribution in [0.4, 0.5) is 5.69 Å². The maximum Gasteiger partial charge on any atom is 0.345 e. The Morgan fingerprint density at radius 3 is 2.17 bits per heavy atom. The number of aryl methyl sites for hydroxylation is 2. The molecule has 0 aromatic heterocycles. The third kappa shape index (κ3) is 4.90. The van der Waals surface area contributed by atoms with E-state index in [0.29, 0.717) is 12.0 Å². The molecule has 2 rings (SSSR count). The van der Waals surface area contributed by atoms with Crippen LogP contribution in [0.15, 0.2) is 30.3 Å². The number of nitro benzene ring substituents is 1. The van der Waals surface area contributed by atoms with Gasteiger partial charge in [-0.05, 0) is 30.0 Å². The summed E-state index contributed by atoms with van der Waals surface area (Å²) in [5.74, 6) is -1.11. The summed E-state index contributed by atoms with van der Waals surface area (Å²) >= 11 is 0. The fourth-order valence-corrected chi connectivity index (χ4v) is 2.88. The van der Waals surface area contributed by atoms with Crippen molar-refractivity contribution in [2.24, 2.45) is 0 Å². The Balaban J connectivity index is 2.27. The molecule has 0 aliphatic carbocycles. The molecule has 8 nitrogen and oxygen atoms in total. The van der Waals surface area contributed by atoms with Crippen molar-refractivity contribution in [2.75, 3.05) is 20.8 Å². The van der Waals surface area contributed by atoms with Crippen molar-refractivity contribution in [2.45, 2.75) is 26.7 Å². The highest BCUT2D eigenvalue weighted by molar-refractivity contribution is 6.01. The van der Waals surface area contributed by atoms with Crippen molar-refractivity contribution in [1.82, 2.24) is 0 Å². The minimum Gasteiger partial charge on any atom is -0.493 e. The van der Waals surface area contributed by atoms with Gasteiger partial charge in [0, 0.05) is 11.6 Å². The Morgan fingerprint density at radius 1 is 0.966 bits per heavy atom. The number of esters is 1. The van der Waals surface area contributed by atoms with Crippen LogP contribution in [0, 0.1) is 10.1 Å². The summed E-state index contributed by atoms with van der Waals surface area (Å²) in [4.78, 5) is 35.7. The molecule has 154 valence electrons. The van der Waals surface area contributed by atoms with E-state index < -0.39 is 23.2 Å². The summed E-state index contributed by atoms with van der Waals surface area (Å²) in [7, 11) is 2.67. The molecule has 0 unspecified atom stereocenters. The number of ketones is 1. The van der Waals surface area contributed by atoms with Gasteiger partial charge in [0.2, 0.25) is 5.78 Å². The fraction of sp³-hybridized carbons (Fsp3) is 0.333. The first kappa shape index (κ1) is 21.9. The van der Waals surface area contributed by atoms with E-state index in [4.69, 9.17) is 14.2 Å². The quantitative estimate of drug-likeness (QED) is 0.272. The molecule has 0 heterocycles. The zero-order valence-electron chi connectivity index (χ0n) is 16.8. The number of ether oxygens (including phenoxy) is 3. The molecule has 29 heavy (non-hydrogen) atoms. The lowest BCUT2D eigenvalue weighted by atomic mass is 9.98. The number of benzene rings is 2. The van der Waals surface area contributed by atoms with Crippen LogP contribution >= 0.6 is 0 Å². The van der Waals surface area contributed by atoms with Gasteiger partial charge in [0.05, 0.1) is 25.2 Å². The SMILES string of the molecule is CCc1ccc(CC)c(C(=O)COC(=O)c2cc(OC)c(OC)cc2[N+](=O)[O-])c1. The van der Waals surface area contributed by atoms with E-state index in [2.05, 4.69) is 0 Å². The Kier molecular flexibility index (Phi) is 7.30. The standard InChI is InChI=1S/C21H23NO7/c1-5-13-7-8-14(6-2)15(9-13)18(23)12-29-21(24)16-10-19(27-3)20(28-4)11-17(16)22(25)26/h7-11H,5-6,12H2,1-4H3. The molecule has 0 radical (unpaired) electrons. The van der Waals surface area contributed by atoms with Gasteiger partial charge in [-0.1, -0.05) is 26.0 Å². The minimum atomic E-state index is -0.990. The Hall–Kier alpha value is -3.42. The molecule has 0 fully saturated rings. The fourth-order valence-electron chi connectivity index (χ4n) is 2.88. The third-order valence-corrected chi connectivity index (χ3v) is 4.52. The maximum absolute atomic E-state index is 12.6. The molecule has 0 N–H and O–H groups in total. The van der Waals surface area contributed by atoms with Gasteiger partial charge in [0.15, 0.2) is 18.1 Å². The van der Waals surface area contributed by atoms with E-state index in [0.717, 1.165) is 23.6 Å². The van der Waals surface area contributed by atoms with Gasteiger partial charge in [-0.3, -0.25) is 14.9 Å². The first-order valence-electron chi connectivity index (χ1n) is 9.08. The highest BCUT2D eigenvalue weighted by Crippen LogP contribution is 2.34. The van der Waals surface area contributed by atoms with E-state index in [1.165, 1.54) is 20.3 Å².